The van der Waals surface area contributed by atoms with Crippen LogP contribution in [0.15, 0.2) is 162 Å². The molecule has 1 heteroatoms. The van der Waals surface area contributed by atoms with Crippen LogP contribution in [0.2, 0.25) is 0 Å². The first-order chi connectivity index (χ1) is 22.3. The zero-order chi connectivity index (χ0) is 29.5. The van der Waals surface area contributed by atoms with E-state index in [4.69, 9.17) is 4.42 Å². The van der Waals surface area contributed by atoms with Gasteiger partial charge in [-0.25, -0.2) is 0 Å². The third kappa shape index (κ3) is 3.50. The van der Waals surface area contributed by atoms with Crippen LogP contribution in [0.25, 0.3) is 98.1 Å². The van der Waals surface area contributed by atoms with E-state index in [1.165, 1.54) is 70.6 Å². The lowest BCUT2D eigenvalue weighted by Crippen LogP contribution is -1.92. The summed E-state index contributed by atoms with van der Waals surface area (Å²) in [6.45, 7) is 0. The first-order valence-corrected chi connectivity index (χ1v) is 15.5. The van der Waals surface area contributed by atoms with E-state index in [-0.39, 0.29) is 0 Å². The summed E-state index contributed by atoms with van der Waals surface area (Å²) in [6.07, 6.45) is 0. The van der Waals surface area contributed by atoms with Gasteiger partial charge >= 0.3 is 0 Å². The van der Waals surface area contributed by atoms with E-state index in [2.05, 4.69) is 158 Å². The number of benzene rings is 9. The van der Waals surface area contributed by atoms with E-state index in [0.29, 0.717) is 0 Å². The molecule has 0 N–H and O–H groups in total. The molecule has 0 aliphatic carbocycles. The predicted molar refractivity (Wildman–Crippen MR) is 192 cm³/mol. The molecule has 0 amide bonds. The van der Waals surface area contributed by atoms with Gasteiger partial charge in [0.05, 0.1) is 0 Å². The fourth-order valence-electron chi connectivity index (χ4n) is 7.65. The molecule has 0 bridgehead atoms. The molecule has 0 saturated heterocycles. The summed E-state index contributed by atoms with van der Waals surface area (Å²) >= 11 is 0. The van der Waals surface area contributed by atoms with Crippen LogP contribution in [0.4, 0.5) is 0 Å². The summed E-state index contributed by atoms with van der Waals surface area (Å²) in [5, 5.41) is 14.7. The standard InChI is InChI=1S/C44H26O/c1-3-13-31-27(11-1)21-22-29-25-30(23-24-32(29)31)41-35-16-5-7-18-37(35)42(38-19-8-6-17-36(38)41)43-33-14-4-2-12-28(33)26-39-34-15-9-10-20-40(34)45-44(39)43/h1-26H. The third-order valence-electron chi connectivity index (χ3n) is 9.61. The lowest BCUT2D eigenvalue weighted by Gasteiger charge is -2.19. The summed E-state index contributed by atoms with van der Waals surface area (Å²) in [6, 6.07) is 57.3. The van der Waals surface area contributed by atoms with E-state index in [0.717, 1.165) is 27.5 Å². The molecule has 1 nitrogen and oxygen atoms in total. The minimum Gasteiger partial charge on any atom is -0.455 e. The smallest absolute Gasteiger partial charge is 0.143 e. The molecule has 1 aromatic heterocycles. The van der Waals surface area contributed by atoms with Gasteiger partial charge in [-0.15, -0.1) is 0 Å². The summed E-state index contributed by atoms with van der Waals surface area (Å²) in [7, 11) is 0. The molecular weight excluding hydrogens is 544 g/mol. The Bertz CT molecular complexity index is 2760. The Morgan fingerprint density at radius 1 is 0.289 bits per heavy atom. The molecule has 9 aromatic carbocycles. The maximum atomic E-state index is 6.74. The van der Waals surface area contributed by atoms with Crippen molar-refractivity contribution < 1.29 is 4.42 Å². The molecule has 10 rings (SSSR count). The predicted octanol–water partition coefficient (Wildman–Crippen LogP) is 12.7. The quantitative estimate of drug-likeness (QED) is 0.149. The zero-order valence-electron chi connectivity index (χ0n) is 24.4. The molecule has 0 spiro atoms. The third-order valence-corrected chi connectivity index (χ3v) is 9.61. The lowest BCUT2D eigenvalue weighted by atomic mass is 9.83. The second-order valence-corrected chi connectivity index (χ2v) is 12.0. The Morgan fingerprint density at radius 3 is 1.53 bits per heavy atom. The fourth-order valence-corrected chi connectivity index (χ4v) is 7.65. The number of rotatable bonds is 2. The number of hydrogen-bond acceptors (Lipinski definition) is 1. The molecule has 1 heterocycles. The first-order valence-electron chi connectivity index (χ1n) is 15.5. The van der Waals surface area contributed by atoms with Gasteiger partial charge in [-0.1, -0.05) is 140 Å². The molecule has 0 radical (unpaired) electrons. The largest absolute Gasteiger partial charge is 0.455 e. The van der Waals surface area contributed by atoms with Crippen LogP contribution in [0.5, 0.6) is 0 Å². The van der Waals surface area contributed by atoms with Gasteiger partial charge < -0.3 is 4.42 Å². The van der Waals surface area contributed by atoms with Crippen LogP contribution in [-0.4, -0.2) is 0 Å². The van der Waals surface area contributed by atoms with Crippen LogP contribution in [-0.2, 0) is 0 Å². The van der Waals surface area contributed by atoms with Crippen LogP contribution in [0.3, 0.4) is 0 Å². The molecule has 0 aliphatic rings. The summed E-state index contributed by atoms with van der Waals surface area (Å²) in [5.74, 6) is 0. The Hall–Kier alpha value is -5.92. The van der Waals surface area contributed by atoms with Crippen LogP contribution < -0.4 is 0 Å². The molecule has 0 fully saturated rings. The summed E-state index contributed by atoms with van der Waals surface area (Å²) < 4.78 is 6.74. The van der Waals surface area contributed by atoms with Crippen molar-refractivity contribution in [1.82, 2.24) is 0 Å². The van der Waals surface area contributed by atoms with Crippen LogP contribution in [0.1, 0.15) is 0 Å². The van der Waals surface area contributed by atoms with E-state index < -0.39 is 0 Å². The molecule has 0 saturated carbocycles. The number of furan rings is 1. The van der Waals surface area contributed by atoms with Crippen molar-refractivity contribution in [1.29, 1.82) is 0 Å². The minimum absolute atomic E-state index is 0.915. The second kappa shape index (κ2) is 9.29. The Kier molecular flexibility index (Phi) is 5.06. The molecule has 10 aromatic rings. The van der Waals surface area contributed by atoms with Gasteiger partial charge in [0.25, 0.3) is 0 Å². The highest BCUT2D eigenvalue weighted by atomic mass is 16.3. The van der Waals surface area contributed by atoms with Gasteiger partial charge in [0.1, 0.15) is 11.2 Å². The average Bonchev–Trinajstić information content (AvgIpc) is 3.47. The van der Waals surface area contributed by atoms with Gasteiger partial charge in [0.2, 0.25) is 0 Å². The van der Waals surface area contributed by atoms with E-state index in [1.807, 2.05) is 0 Å². The van der Waals surface area contributed by atoms with Crippen molar-refractivity contribution >= 4 is 75.8 Å². The maximum Gasteiger partial charge on any atom is 0.143 e. The topological polar surface area (TPSA) is 13.1 Å². The summed E-state index contributed by atoms with van der Waals surface area (Å²) in [4.78, 5) is 0. The molecule has 0 aliphatic heterocycles. The highest BCUT2D eigenvalue weighted by Crippen LogP contribution is 2.49. The molecule has 208 valence electrons. The number of para-hydroxylation sites is 1. The van der Waals surface area contributed by atoms with Gasteiger partial charge in [-0.2, -0.15) is 0 Å². The van der Waals surface area contributed by atoms with Crippen molar-refractivity contribution in [3.63, 3.8) is 0 Å². The Labute approximate surface area is 259 Å². The molecule has 0 unspecified atom stereocenters. The zero-order valence-corrected chi connectivity index (χ0v) is 24.4. The fraction of sp³-hybridized carbons (Fsp3) is 0. The van der Waals surface area contributed by atoms with E-state index >= 15 is 0 Å². The Morgan fingerprint density at radius 2 is 0.800 bits per heavy atom. The number of fused-ring (bicyclic) bond motifs is 9. The second-order valence-electron chi connectivity index (χ2n) is 12.0. The first kappa shape index (κ1) is 24.5. The van der Waals surface area contributed by atoms with Crippen molar-refractivity contribution in [2.45, 2.75) is 0 Å². The van der Waals surface area contributed by atoms with Gasteiger partial charge in [0.15, 0.2) is 0 Å². The highest BCUT2D eigenvalue weighted by molar-refractivity contribution is 6.28. The summed E-state index contributed by atoms with van der Waals surface area (Å²) in [5.41, 5.74) is 6.72. The van der Waals surface area contributed by atoms with Gasteiger partial charge in [0, 0.05) is 21.9 Å². The van der Waals surface area contributed by atoms with Gasteiger partial charge in [-0.3, -0.25) is 0 Å². The van der Waals surface area contributed by atoms with Crippen LogP contribution >= 0.6 is 0 Å². The van der Waals surface area contributed by atoms with Crippen molar-refractivity contribution in [2.75, 3.05) is 0 Å². The van der Waals surface area contributed by atoms with Gasteiger partial charge in [-0.05, 0) is 83.2 Å². The van der Waals surface area contributed by atoms with Crippen LogP contribution in [0, 0.1) is 0 Å². The molecule has 0 atom stereocenters. The highest BCUT2D eigenvalue weighted by Gasteiger charge is 2.22. The molecule has 45 heavy (non-hydrogen) atoms. The monoisotopic (exact) mass is 570 g/mol. The normalized spacial score (nSPS) is 12.0. The SMILES string of the molecule is c1ccc2c(-c3c4ccccc4c(-c4ccc5c(ccc6ccccc65)c4)c4ccccc34)c3oc4ccccc4c3cc2c1. The van der Waals surface area contributed by atoms with Crippen molar-refractivity contribution in [3.05, 3.63) is 158 Å². The lowest BCUT2D eigenvalue weighted by molar-refractivity contribution is 0.670. The minimum atomic E-state index is 0.915. The number of hydrogen-bond donors (Lipinski definition) is 0. The van der Waals surface area contributed by atoms with E-state index in [1.54, 1.807) is 0 Å². The molecular formula is C44H26O. The van der Waals surface area contributed by atoms with E-state index in [9.17, 15) is 0 Å². The Balaban J connectivity index is 1.36. The van der Waals surface area contributed by atoms with Crippen molar-refractivity contribution in [2.24, 2.45) is 0 Å². The maximum absolute atomic E-state index is 6.74. The van der Waals surface area contributed by atoms with Crippen molar-refractivity contribution in [3.8, 4) is 22.3 Å². The average molecular weight is 571 g/mol.